The average molecular weight is 424 g/mol. The lowest BCUT2D eigenvalue weighted by Crippen LogP contribution is -2.49. The van der Waals surface area contributed by atoms with Crippen molar-refractivity contribution in [2.75, 3.05) is 42.1 Å². The Kier molecular flexibility index (Phi) is 5.76. The number of nitrogens with zero attached hydrogens (tertiary/aromatic N) is 4. The molecule has 0 aliphatic carbocycles. The molecule has 28 heavy (non-hydrogen) atoms. The van der Waals surface area contributed by atoms with Crippen LogP contribution in [0.5, 0.6) is 0 Å². The van der Waals surface area contributed by atoms with Gasteiger partial charge in [-0.05, 0) is 32.0 Å². The van der Waals surface area contributed by atoms with E-state index in [1.54, 1.807) is 11.0 Å². The summed E-state index contributed by atoms with van der Waals surface area (Å²) >= 11 is 6.03. The molecule has 2 aromatic rings. The van der Waals surface area contributed by atoms with E-state index < -0.39 is 10.0 Å². The molecule has 1 amide bonds. The molecule has 1 fully saturated rings. The zero-order valence-electron chi connectivity index (χ0n) is 15.9. The van der Waals surface area contributed by atoms with E-state index in [-0.39, 0.29) is 16.6 Å². The van der Waals surface area contributed by atoms with Crippen LogP contribution in [0.1, 0.15) is 21.9 Å². The number of sulfonamides is 1. The summed E-state index contributed by atoms with van der Waals surface area (Å²) in [6, 6.07) is 6.52. The third-order valence-electron chi connectivity index (χ3n) is 4.35. The summed E-state index contributed by atoms with van der Waals surface area (Å²) in [5.74, 6) is 1.42. The van der Waals surface area contributed by atoms with Crippen LogP contribution in [-0.2, 0) is 10.0 Å². The number of carbonyl (C=O) groups excluding carboxylic acids is 1. The summed E-state index contributed by atoms with van der Waals surface area (Å²) < 4.78 is 25.3. The predicted molar refractivity (Wildman–Crippen MR) is 110 cm³/mol. The first-order chi connectivity index (χ1) is 13.1. The number of aryl methyl sites for hydroxylation is 2. The first-order valence-corrected chi connectivity index (χ1v) is 11.0. The van der Waals surface area contributed by atoms with Gasteiger partial charge in [0.1, 0.15) is 11.6 Å². The Labute approximate surface area is 169 Å². The molecule has 1 N–H and O–H groups in total. The molecule has 150 valence electrons. The number of piperazine rings is 1. The maximum Gasteiger partial charge on any atom is 0.254 e. The van der Waals surface area contributed by atoms with Gasteiger partial charge in [-0.15, -0.1) is 0 Å². The van der Waals surface area contributed by atoms with Crippen molar-refractivity contribution in [1.82, 2.24) is 14.9 Å². The van der Waals surface area contributed by atoms with Crippen molar-refractivity contribution in [3.8, 4) is 0 Å². The Balaban J connectivity index is 1.71. The van der Waals surface area contributed by atoms with Gasteiger partial charge in [-0.25, -0.2) is 18.4 Å². The minimum absolute atomic E-state index is 0.164. The number of anilines is 2. The molecule has 1 aliphatic heterocycles. The Hall–Kier alpha value is -2.39. The lowest BCUT2D eigenvalue weighted by molar-refractivity contribution is 0.0746. The molecule has 1 aliphatic rings. The number of aromatic nitrogens is 2. The molecule has 1 saturated heterocycles. The van der Waals surface area contributed by atoms with Crippen molar-refractivity contribution in [3.05, 3.63) is 46.4 Å². The van der Waals surface area contributed by atoms with Crippen molar-refractivity contribution in [2.45, 2.75) is 13.8 Å². The zero-order valence-corrected chi connectivity index (χ0v) is 17.5. The van der Waals surface area contributed by atoms with Crippen molar-refractivity contribution >= 4 is 39.0 Å². The Morgan fingerprint density at radius 2 is 1.79 bits per heavy atom. The number of hydrogen-bond donors (Lipinski definition) is 1. The highest BCUT2D eigenvalue weighted by molar-refractivity contribution is 7.92. The molecular formula is C18H22ClN5O3S. The second-order valence-electron chi connectivity index (χ2n) is 6.76. The third kappa shape index (κ3) is 4.90. The van der Waals surface area contributed by atoms with E-state index in [9.17, 15) is 13.2 Å². The summed E-state index contributed by atoms with van der Waals surface area (Å²) in [6.07, 6.45) is 1.04. The summed E-state index contributed by atoms with van der Waals surface area (Å²) in [6.45, 7) is 6.18. The number of benzene rings is 1. The fraction of sp³-hybridized carbons (Fsp3) is 0.389. The van der Waals surface area contributed by atoms with E-state index in [0.717, 1.165) is 23.6 Å². The first-order valence-electron chi connectivity index (χ1n) is 8.76. The van der Waals surface area contributed by atoms with Crippen molar-refractivity contribution in [3.63, 3.8) is 0 Å². The maximum absolute atomic E-state index is 12.8. The SMILES string of the molecule is Cc1cc(N2CCN(C(=O)c3ccc(Cl)c(NS(C)(=O)=O)c3)CC2)nc(C)n1. The molecule has 0 spiro atoms. The number of halogens is 1. The van der Waals surface area contributed by atoms with Crippen LogP contribution in [0.3, 0.4) is 0 Å². The number of carbonyl (C=O) groups is 1. The quantitative estimate of drug-likeness (QED) is 0.808. The highest BCUT2D eigenvalue weighted by atomic mass is 35.5. The van der Waals surface area contributed by atoms with Crippen LogP contribution in [0, 0.1) is 13.8 Å². The molecule has 8 nitrogen and oxygen atoms in total. The van der Waals surface area contributed by atoms with E-state index >= 15 is 0 Å². The van der Waals surface area contributed by atoms with Gasteiger partial charge in [-0.3, -0.25) is 9.52 Å². The van der Waals surface area contributed by atoms with Crippen molar-refractivity contribution in [1.29, 1.82) is 0 Å². The van der Waals surface area contributed by atoms with Gasteiger partial charge < -0.3 is 9.80 Å². The molecule has 1 aromatic heterocycles. The smallest absolute Gasteiger partial charge is 0.254 e. The van der Waals surface area contributed by atoms with Gasteiger partial charge in [-0.1, -0.05) is 11.6 Å². The fourth-order valence-electron chi connectivity index (χ4n) is 3.12. The second kappa shape index (κ2) is 7.92. The first kappa shape index (κ1) is 20.3. The van der Waals surface area contributed by atoms with Crippen LogP contribution in [0.15, 0.2) is 24.3 Å². The maximum atomic E-state index is 12.8. The summed E-state index contributed by atoms with van der Waals surface area (Å²) in [5, 5.41) is 0.237. The van der Waals surface area contributed by atoms with Crippen molar-refractivity contribution < 1.29 is 13.2 Å². The highest BCUT2D eigenvalue weighted by Crippen LogP contribution is 2.25. The van der Waals surface area contributed by atoms with Crippen LogP contribution in [0.4, 0.5) is 11.5 Å². The fourth-order valence-corrected chi connectivity index (χ4v) is 3.91. The molecule has 0 radical (unpaired) electrons. The van der Waals surface area contributed by atoms with E-state index in [1.807, 2.05) is 19.9 Å². The third-order valence-corrected chi connectivity index (χ3v) is 5.27. The molecular weight excluding hydrogens is 402 g/mol. The minimum atomic E-state index is -3.49. The lowest BCUT2D eigenvalue weighted by Gasteiger charge is -2.35. The van der Waals surface area contributed by atoms with Gasteiger partial charge >= 0.3 is 0 Å². The van der Waals surface area contributed by atoms with Crippen LogP contribution >= 0.6 is 11.6 Å². The topological polar surface area (TPSA) is 95.5 Å². The molecule has 3 rings (SSSR count). The van der Waals surface area contributed by atoms with Gasteiger partial charge in [0.05, 0.1) is 17.0 Å². The predicted octanol–water partition coefficient (Wildman–Crippen LogP) is 2.08. The Morgan fingerprint density at radius 3 is 2.39 bits per heavy atom. The normalized spacial score (nSPS) is 14.9. The van der Waals surface area contributed by atoms with Gasteiger partial charge in [-0.2, -0.15) is 0 Å². The number of rotatable bonds is 4. The molecule has 0 atom stereocenters. The van der Waals surface area contributed by atoms with E-state index in [2.05, 4.69) is 19.6 Å². The van der Waals surface area contributed by atoms with Gasteiger partial charge in [0, 0.05) is 43.5 Å². The largest absolute Gasteiger partial charge is 0.353 e. The average Bonchev–Trinajstić information content (AvgIpc) is 2.61. The molecule has 0 bridgehead atoms. The standard InChI is InChI=1S/C18H22ClN5O3S/c1-12-10-17(21-13(2)20-12)23-6-8-24(9-7-23)18(25)14-4-5-15(19)16(11-14)22-28(3,26)27/h4-5,10-11,22H,6-9H2,1-3H3. The number of hydrogen-bond acceptors (Lipinski definition) is 6. The van der Waals surface area contributed by atoms with E-state index in [0.29, 0.717) is 31.7 Å². The van der Waals surface area contributed by atoms with Gasteiger partial charge in [0.25, 0.3) is 5.91 Å². The summed E-state index contributed by atoms with van der Waals surface area (Å²) in [4.78, 5) is 25.5. The molecule has 10 heteroatoms. The molecule has 0 unspecified atom stereocenters. The van der Waals surface area contributed by atoms with E-state index in [1.165, 1.54) is 12.1 Å². The summed E-state index contributed by atoms with van der Waals surface area (Å²) in [5.41, 5.74) is 1.49. The van der Waals surface area contributed by atoms with E-state index in [4.69, 9.17) is 11.6 Å². The zero-order chi connectivity index (χ0) is 20.5. The number of amides is 1. The van der Waals surface area contributed by atoms with Crippen molar-refractivity contribution in [2.24, 2.45) is 0 Å². The van der Waals surface area contributed by atoms with Crippen LogP contribution in [-0.4, -0.2) is 61.6 Å². The second-order valence-corrected chi connectivity index (χ2v) is 8.92. The molecule has 2 heterocycles. The Bertz CT molecular complexity index is 984. The highest BCUT2D eigenvalue weighted by Gasteiger charge is 2.24. The monoisotopic (exact) mass is 423 g/mol. The minimum Gasteiger partial charge on any atom is -0.353 e. The molecule has 1 aromatic carbocycles. The van der Waals surface area contributed by atoms with Crippen LogP contribution in [0.2, 0.25) is 5.02 Å². The lowest BCUT2D eigenvalue weighted by atomic mass is 10.1. The Morgan fingerprint density at radius 1 is 1.11 bits per heavy atom. The summed E-state index contributed by atoms with van der Waals surface area (Å²) in [7, 11) is -3.49. The van der Waals surface area contributed by atoms with Gasteiger partial charge in [0.15, 0.2) is 0 Å². The van der Waals surface area contributed by atoms with Crippen LogP contribution < -0.4 is 9.62 Å². The van der Waals surface area contributed by atoms with Gasteiger partial charge in [0.2, 0.25) is 10.0 Å². The van der Waals surface area contributed by atoms with Crippen LogP contribution in [0.25, 0.3) is 0 Å². The molecule has 0 saturated carbocycles. The number of nitrogens with one attached hydrogen (secondary N) is 1.